The molecule has 2 aromatic rings. The summed E-state index contributed by atoms with van der Waals surface area (Å²) in [5.74, 6) is -0.747. The van der Waals surface area contributed by atoms with Crippen LogP contribution in [0.3, 0.4) is 0 Å². The van der Waals surface area contributed by atoms with E-state index in [0.29, 0.717) is 34.9 Å². The summed E-state index contributed by atoms with van der Waals surface area (Å²) in [6.07, 6.45) is 2.26. The number of ether oxygens (including phenoxy) is 2. The lowest BCUT2D eigenvalue weighted by Crippen LogP contribution is -2.35. The lowest BCUT2D eigenvalue weighted by molar-refractivity contribution is -0.120. The van der Waals surface area contributed by atoms with Gasteiger partial charge in [-0.3, -0.25) is 19.8 Å². The Kier molecular flexibility index (Phi) is 6.36. The molecule has 30 heavy (non-hydrogen) atoms. The van der Waals surface area contributed by atoms with Crippen LogP contribution in [-0.2, 0) is 14.4 Å². The van der Waals surface area contributed by atoms with E-state index in [1.165, 1.54) is 11.1 Å². The number of amides is 3. The van der Waals surface area contributed by atoms with Crippen molar-refractivity contribution in [2.75, 3.05) is 18.2 Å². The van der Waals surface area contributed by atoms with E-state index in [1.54, 1.807) is 43.3 Å². The monoisotopic (exact) mass is 409 g/mol. The molecule has 3 amide bonds. The molecule has 0 radical (unpaired) electrons. The molecular formula is C22H23N3O5. The van der Waals surface area contributed by atoms with Gasteiger partial charge in [0, 0.05) is 11.1 Å². The topological polar surface area (TPSA) is 111 Å². The molecule has 1 aliphatic rings. The normalized spacial score (nSPS) is 14.7. The molecule has 0 spiro atoms. The lowest BCUT2D eigenvalue weighted by atomic mass is 10.0. The molecule has 8 heteroatoms. The molecule has 0 bridgehead atoms. The van der Waals surface area contributed by atoms with Crippen LogP contribution < -0.4 is 25.6 Å². The van der Waals surface area contributed by atoms with Crippen molar-refractivity contribution < 1.29 is 23.9 Å². The van der Waals surface area contributed by atoms with E-state index >= 15 is 0 Å². The smallest absolute Gasteiger partial charge is 0.282 e. The van der Waals surface area contributed by atoms with Crippen LogP contribution in [0.1, 0.15) is 24.5 Å². The van der Waals surface area contributed by atoms with Gasteiger partial charge in [0.1, 0.15) is 17.1 Å². The van der Waals surface area contributed by atoms with Crippen LogP contribution in [0.15, 0.2) is 48.0 Å². The molecule has 156 valence electrons. The second-order valence-corrected chi connectivity index (χ2v) is 6.69. The van der Waals surface area contributed by atoms with Gasteiger partial charge in [-0.25, -0.2) is 5.01 Å². The summed E-state index contributed by atoms with van der Waals surface area (Å²) >= 11 is 0. The highest BCUT2D eigenvalue weighted by molar-refractivity contribution is 6.31. The molecule has 1 heterocycles. The second kappa shape index (κ2) is 9.13. The minimum atomic E-state index is -0.641. The number of para-hydroxylation sites is 1. The Morgan fingerprint density at radius 3 is 2.53 bits per heavy atom. The molecule has 0 saturated carbocycles. The standard InChI is InChI=1S/C22H23N3O5/c1-3-11-29-18-10-9-15(20(14(18)2)30-13-19(23)26)12-17-21(27)24-25(22(17)28)16-7-5-4-6-8-16/h4-10,12H,3,11,13H2,1-2H3,(H2,23,26)(H,24,27). The van der Waals surface area contributed by atoms with Crippen molar-refractivity contribution in [3.63, 3.8) is 0 Å². The number of anilines is 1. The first-order chi connectivity index (χ1) is 14.4. The first-order valence-corrected chi connectivity index (χ1v) is 9.52. The number of benzene rings is 2. The average Bonchev–Trinajstić information content (AvgIpc) is 3.01. The van der Waals surface area contributed by atoms with Gasteiger partial charge in [0.25, 0.3) is 17.7 Å². The molecule has 1 saturated heterocycles. The number of rotatable bonds is 8. The zero-order valence-corrected chi connectivity index (χ0v) is 16.8. The number of hydrogen-bond acceptors (Lipinski definition) is 5. The SMILES string of the molecule is CCCOc1ccc(C=C2C(=O)NN(c3ccccc3)C2=O)c(OCC(N)=O)c1C. The van der Waals surface area contributed by atoms with Gasteiger partial charge in [0.15, 0.2) is 6.61 Å². The third-order valence-corrected chi connectivity index (χ3v) is 4.41. The molecular weight excluding hydrogens is 386 g/mol. The zero-order valence-electron chi connectivity index (χ0n) is 16.8. The summed E-state index contributed by atoms with van der Waals surface area (Å²) in [5.41, 5.74) is 9.37. The molecule has 0 aliphatic carbocycles. The van der Waals surface area contributed by atoms with Gasteiger partial charge in [-0.2, -0.15) is 0 Å². The fourth-order valence-electron chi connectivity index (χ4n) is 2.98. The Hall–Kier alpha value is -3.81. The first-order valence-electron chi connectivity index (χ1n) is 9.52. The van der Waals surface area contributed by atoms with Crippen LogP contribution in [-0.4, -0.2) is 30.9 Å². The number of carbonyl (C=O) groups is 3. The third-order valence-electron chi connectivity index (χ3n) is 4.41. The summed E-state index contributed by atoms with van der Waals surface area (Å²) in [5, 5.41) is 1.18. The van der Waals surface area contributed by atoms with Crippen LogP contribution in [0.25, 0.3) is 6.08 Å². The largest absolute Gasteiger partial charge is 0.493 e. The Morgan fingerprint density at radius 1 is 1.13 bits per heavy atom. The quantitative estimate of drug-likeness (QED) is 0.512. The minimum Gasteiger partial charge on any atom is -0.493 e. The van der Waals surface area contributed by atoms with Gasteiger partial charge < -0.3 is 15.2 Å². The highest BCUT2D eigenvalue weighted by atomic mass is 16.5. The molecule has 3 rings (SSSR count). The summed E-state index contributed by atoms with van der Waals surface area (Å²) in [7, 11) is 0. The average molecular weight is 409 g/mol. The maximum absolute atomic E-state index is 12.8. The highest BCUT2D eigenvalue weighted by Crippen LogP contribution is 2.34. The van der Waals surface area contributed by atoms with E-state index in [4.69, 9.17) is 15.2 Å². The highest BCUT2D eigenvalue weighted by Gasteiger charge is 2.34. The van der Waals surface area contributed by atoms with Crippen molar-refractivity contribution in [2.24, 2.45) is 5.73 Å². The van der Waals surface area contributed by atoms with E-state index in [2.05, 4.69) is 5.43 Å². The zero-order chi connectivity index (χ0) is 21.7. The van der Waals surface area contributed by atoms with E-state index in [0.717, 1.165) is 6.42 Å². The van der Waals surface area contributed by atoms with Crippen molar-refractivity contribution in [1.29, 1.82) is 0 Å². The molecule has 0 unspecified atom stereocenters. The van der Waals surface area contributed by atoms with Gasteiger partial charge in [-0.05, 0) is 43.7 Å². The van der Waals surface area contributed by atoms with Gasteiger partial charge >= 0.3 is 0 Å². The van der Waals surface area contributed by atoms with Gasteiger partial charge in [-0.1, -0.05) is 25.1 Å². The van der Waals surface area contributed by atoms with Crippen LogP contribution in [0.5, 0.6) is 11.5 Å². The van der Waals surface area contributed by atoms with Crippen LogP contribution >= 0.6 is 0 Å². The van der Waals surface area contributed by atoms with Crippen molar-refractivity contribution in [1.82, 2.24) is 5.43 Å². The van der Waals surface area contributed by atoms with Crippen molar-refractivity contribution >= 4 is 29.5 Å². The Bertz CT molecular complexity index is 1000. The van der Waals surface area contributed by atoms with Gasteiger partial charge in [0.05, 0.1) is 12.3 Å². The first kappa shape index (κ1) is 20.9. The summed E-state index contributed by atoms with van der Waals surface area (Å²) in [6.45, 7) is 3.94. The molecule has 8 nitrogen and oxygen atoms in total. The van der Waals surface area contributed by atoms with Crippen molar-refractivity contribution in [3.05, 3.63) is 59.2 Å². The second-order valence-electron chi connectivity index (χ2n) is 6.69. The van der Waals surface area contributed by atoms with Gasteiger partial charge in [0.2, 0.25) is 0 Å². The molecule has 1 fully saturated rings. The maximum Gasteiger partial charge on any atom is 0.282 e. The fraction of sp³-hybridized carbons (Fsp3) is 0.227. The van der Waals surface area contributed by atoms with E-state index in [9.17, 15) is 14.4 Å². The van der Waals surface area contributed by atoms with E-state index < -0.39 is 17.7 Å². The van der Waals surface area contributed by atoms with Crippen molar-refractivity contribution in [2.45, 2.75) is 20.3 Å². The summed E-state index contributed by atoms with van der Waals surface area (Å²) < 4.78 is 11.3. The van der Waals surface area contributed by atoms with E-state index in [-0.39, 0.29) is 12.2 Å². The molecule has 3 N–H and O–H groups in total. The lowest BCUT2D eigenvalue weighted by Gasteiger charge is -2.16. The maximum atomic E-state index is 12.8. The number of nitrogens with zero attached hydrogens (tertiary/aromatic N) is 1. The number of primary amides is 1. The predicted octanol–water partition coefficient (Wildman–Crippen LogP) is 2.11. The number of hydrazine groups is 1. The number of carbonyl (C=O) groups excluding carboxylic acids is 3. The number of nitrogens with one attached hydrogen (secondary N) is 1. The number of hydrogen-bond donors (Lipinski definition) is 2. The van der Waals surface area contributed by atoms with Crippen LogP contribution in [0.2, 0.25) is 0 Å². The van der Waals surface area contributed by atoms with Crippen molar-refractivity contribution in [3.8, 4) is 11.5 Å². The molecule has 0 atom stereocenters. The fourth-order valence-corrected chi connectivity index (χ4v) is 2.98. The Morgan fingerprint density at radius 2 is 1.87 bits per heavy atom. The minimum absolute atomic E-state index is 0.0515. The molecule has 2 aromatic carbocycles. The number of nitrogens with two attached hydrogens (primary N) is 1. The summed E-state index contributed by atoms with van der Waals surface area (Å²) in [4.78, 5) is 36.5. The third kappa shape index (κ3) is 4.43. The van der Waals surface area contributed by atoms with Crippen LogP contribution in [0.4, 0.5) is 5.69 Å². The molecule has 0 aromatic heterocycles. The molecule has 1 aliphatic heterocycles. The van der Waals surface area contributed by atoms with Gasteiger partial charge in [-0.15, -0.1) is 0 Å². The summed E-state index contributed by atoms with van der Waals surface area (Å²) in [6, 6.07) is 12.2. The Balaban J connectivity index is 1.98. The van der Waals surface area contributed by atoms with E-state index in [1.807, 2.05) is 13.0 Å². The predicted molar refractivity (Wildman–Crippen MR) is 112 cm³/mol. The van der Waals surface area contributed by atoms with Crippen LogP contribution in [0, 0.1) is 6.92 Å². The Labute approximate surface area is 174 Å².